The molecule has 0 radical (unpaired) electrons. The van der Waals surface area contributed by atoms with Crippen LogP contribution in [0.25, 0.3) is 0 Å². The Labute approximate surface area is 240 Å². The summed E-state index contributed by atoms with van der Waals surface area (Å²) in [6, 6.07) is 18.8. The third-order valence-electron chi connectivity index (χ3n) is 7.11. The van der Waals surface area contributed by atoms with E-state index in [0.717, 1.165) is 36.4 Å². The van der Waals surface area contributed by atoms with Gasteiger partial charge in [0.2, 0.25) is 11.8 Å². The molecule has 0 aliphatic heterocycles. The van der Waals surface area contributed by atoms with Crippen LogP contribution in [0.4, 0.5) is 10.1 Å². The SMILES string of the molecule is C[C@H](C(=O)NC1CCCCC1)N(Cc1ccc(F)cc1)C(=O)CN(c1ccc(Cl)cc1)S(=O)(=O)c1ccccc1. The van der Waals surface area contributed by atoms with Gasteiger partial charge in [0.15, 0.2) is 0 Å². The van der Waals surface area contributed by atoms with E-state index in [1.807, 2.05) is 0 Å². The molecule has 1 atom stereocenters. The van der Waals surface area contributed by atoms with Crippen molar-refractivity contribution in [2.45, 2.75) is 62.6 Å². The maximum absolute atomic E-state index is 13.9. The minimum Gasteiger partial charge on any atom is -0.352 e. The molecule has 10 heteroatoms. The average molecular weight is 586 g/mol. The molecule has 0 saturated heterocycles. The Balaban J connectivity index is 1.65. The highest BCUT2D eigenvalue weighted by Crippen LogP contribution is 2.26. The molecule has 0 aromatic heterocycles. The second-order valence-electron chi connectivity index (χ2n) is 9.97. The largest absolute Gasteiger partial charge is 0.352 e. The van der Waals surface area contributed by atoms with E-state index in [1.165, 1.54) is 41.3 Å². The number of halogens is 2. The third-order valence-corrected chi connectivity index (χ3v) is 9.15. The summed E-state index contributed by atoms with van der Waals surface area (Å²) < 4.78 is 42.1. The summed E-state index contributed by atoms with van der Waals surface area (Å²) in [5, 5.41) is 3.47. The van der Waals surface area contributed by atoms with Crippen LogP contribution in [-0.2, 0) is 26.2 Å². The van der Waals surface area contributed by atoms with Gasteiger partial charge in [0.05, 0.1) is 10.6 Å². The number of hydrogen-bond donors (Lipinski definition) is 1. The Morgan fingerprint density at radius 1 is 0.950 bits per heavy atom. The standard InChI is InChI=1S/C30H33ClFN3O4S/c1-22(30(37)33-26-8-4-2-5-9-26)34(20-23-12-16-25(32)17-13-23)29(36)21-35(27-18-14-24(31)15-19-27)40(38,39)28-10-6-3-7-11-28/h3,6-7,10-19,22,26H,2,4-5,8-9,20-21H2,1H3,(H,33,37)/t22-/m1/s1. The molecule has 0 spiro atoms. The van der Waals surface area contributed by atoms with E-state index >= 15 is 0 Å². The summed E-state index contributed by atoms with van der Waals surface area (Å²) in [7, 11) is -4.15. The van der Waals surface area contributed by atoms with Crippen molar-refractivity contribution in [3.05, 3.63) is 95.3 Å². The van der Waals surface area contributed by atoms with Gasteiger partial charge in [0.1, 0.15) is 18.4 Å². The lowest BCUT2D eigenvalue weighted by atomic mass is 9.95. The van der Waals surface area contributed by atoms with Gasteiger partial charge in [0.25, 0.3) is 10.0 Å². The molecule has 40 heavy (non-hydrogen) atoms. The van der Waals surface area contributed by atoms with Gasteiger partial charge >= 0.3 is 0 Å². The van der Waals surface area contributed by atoms with Crippen LogP contribution in [0, 0.1) is 5.82 Å². The highest BCUT2D eigenvalue weighted by atomic mass is 35.5. The molecule has 1 fully saturated rings. The minimum absolute atomic E-state index is 0.00178. The third kappa shape index (κ3) is 7.40. The van der Waals surface area contributed by atoms with E-state index < -0.39 is 34.3 Å². The van der Waals surface area contributed by atoms with Gasteiger partial charge in [-0.25, -0.2) is 12.8 Å². The maximum atomic E-state index is 13.9. The topological polar surface area (TPSA) is 86.8 Å². The van der Waals surface area contributed by atoms with E-state index in [4.69, 9.17) is 11.6 Å². The van der Waals surface area contributed by atoms with Crippen LogP contribution >= 0.6 is 11.6 Å². The Bertz CT molecular complexity index is 1400. The number of carbonyl (C=O) groups excluding carboxylic acids is 2. The van der Waals surface area contributed by atoms with Crippen molar-refractivity contribution in [1.82, 2.24) is 10.2 Å². The van der Waals surface area contributed by atoms with Gasteiger partial charge < -0.3 is 10.2 Å². The van der Waals surface area contributed by atoms with Gasteiger partial charge in [-0.2, -0.15) is 0 Å². The average Bonchev–Trinajstić information content (AvgIpc) is 2.96. The molecule has 1 aliphatic carbocycles. The molecular formula is C30H33ClFN3O4S. The van der Waals surface area contributed by atoms with Gasteiger partial charge in [0, 0.05) is 17.6 Å². The zero-order chi connectivity index (χ0) is 28.7. The van der Waals surface area contributed by atoms with Crippen molar-refractivity contribution in [1.29, 1.82) is 0 Å². The minimum atomic E-state index is -4.15. The first-order chi connectivity index (χ1) is 19.1. The van der Waals surface area contributed by atoms with Crippen molar-refractivity contribution >= 4 is 39.1 Å². The molecule has 3 aromatic carbocycles. The monoisotopic (exact) mass is 585 g/mol. The number of nitrogens with one attached hydrogen (secondary N) is 1. The number of rotatable bonds is 10. The molecule has 2 amide bonds. The molecule has 212 valence electrons. The molecule has 1 N–H and O–H groups in total. The first kappa shape index (κ1) is 29.6. The van der Waals surface area contributed by atoms with Crippen molar-refractivity contribution < 1.29 is 22.4 Å². The number of nitrogens with zero attached hydrogens (tertiary/aromatic N) is 2. The van der Waals surface area contributed by atoms with E-state index in [-0.39, 0.29) is 29.1 Å². The smallest absolute Gasteiger partial charge is 0.264 e. The lowest BCUT2D eigenvalue weighted by molar-refractivity contribution is -0.139. The molecular weight excluding hydrogens is 553 g/mol. The first-order valence-electron chi connectivity index (χ1n) is 13.3. The first-order valence-corrected chi connectivity index (χ1v) is 15.1. The van der Waals surface area contributed by atoms with Crippen molar-refractivity contribution in [2.75, 3.05) is 10.8 Å². The number of amides is 2. The fraction of sp³-hybridized carbons (Fsp3) is 0.333. The predicted octanol–water partition coefficient (Wildman–Crippen LogP) is 5.54. The highest BCUT2D eigenvalue weighted by Gasteiger charge is 2.33. The summed E-state index contributed by atoms with van der Waals surface area (Å²) in [5.74, 6) is -1.32. The van der Waals surface area contributed by atoms with Crippen LogP contribution in [-0.4, -0.2) is 43.8 Å². The molecule has 1 aliphatic rings. The molecule has 4 rings (SSSR count). The zero-order valence-electron chi connectivity index (χ0n) is 22.3. The highest BCUT2D eigenvalue weighted by molar-refractivity contribution is 7.92. The van der Waals surface area contributed by atoms with Crippen molar-refractivity contribution in [3.63, 3.8) is 0 Å². The maximum Gasteiger partial charge on any atom is 0.264 e. The molecule has 0 unspecified atom stereocenters. The van der Waals surface area contributed by atoms with E-state index in [1.54, 1.807) is 49.4 Å². The summed E-state index contributed by atoms with van der Waals surface area (Å²) in [4.78, 5) is 28.6. The Kier molecular flexibility index (Phi) is 9.81. The lowest BCUT2D eigenvalue weighted by Crippen LogP contribution is -2.53. The number of anilines is 1. The fourth-order valence-electron chi connectivity index (χ4n) is 4.79. The summed E-state index contributed by atoms with van der Waals surface area (Å²) >= 11 is 6.05. The van der Waals surface area contributed by atoms with Crippen LogP contribution < -0.4 is 9.62 Å². The molecule has 0 heterocycles. The van der Waals surface area contributed by atoms with Crippen molar-refractivity contribution in [3.8, 4) is 0 Å². The summed E-state index contributed by atoms with van der Waals surface area (Å²) in [6.45, 7) is 1.07. The van der Waals surface area contributed by atoms with Crippen LogP contribution in [0.1, 0.15) is 44.6 Å². The van der Waals surface area contributed by atoms with Gasteiger partial charge in [-0.15, -0.1) is 0 Å². The van der Waals surface area contributed by atoms with Crippen LogP contribution in [0.2, 0.25) is 5.02 Å². The van der Waals surface area contributed by atoms with Crippen LogP contribution in [0.3, 0.4) is 0 Å². The summed E-state index contributed by atoms with van der Waals surface area (Å²) in [6.07, 6.45) is 4.96. The van der Waals surface area contributed by atoms with Crippen LogP contribution in [0.5, 0.6) is 0 Å². The number of hydrogen-bond acceptors (Lipinski definition) is 4. The van der Waals surface area contributed by atoms with Crippen LogP contribution in [0.15, 0.2) is 83.8 Å². The predicted molar refractivity (Wildman–Crippen MR) is 154 cm³/mol. The van der Waals surface area contributed by atoms with Crippen molar-refractivity contribution in [2.24, 2.45) is 0 Å². The molecule has 0 bridgehead atoms. The van der Waals surface area contributed by atoms with Gasteiger partial charge in [-0.1, -0.05) is 61.2 Å². The molecule has 7 nitrogen and oxygen atoms in total. The van der Waals surface area contributed by atoms with E-state index in [2.05, 4.69) is 5.32 Å². The second kappa shape index (κ2) is 13.3. The summed E-state index contributed by atoms with van der Waals surface area (Å²) in [5.41, 5.74) is 0.860. The molecule has 1 saturated carbocycles. The Morgan fingerprint density at radius 3 is 2.20 bits per heavy atom. The lowest BCUT2D eigenvalue weighted by Gasteiger charge is -2.33. The van der Waals surface area contributed by atoms with Gasteiger partial charge in [-0.05, 0) is 73.9 Å². The number of carbonyl (C=O) groups is 2. The van der Waals surface area contributed by atoms with E-state index in [9.17, 15) is 22.4 Å². The quantitative estimate of drug-likeness (QED) is 0.338. The zero-order valence-corrected chi connectivity index (χ0v) is 23.9. The number of sulfonamides is 1. The van der Waals surface area contributed by atoms with Gasteiger partial charge in [-0.3, -0.25) is 13.9 Å². The second-order valence-corrected chi connectivity index (χ2v) is 12.3. The molecule has 3 aromatic rings. The Hall–Kier alpha value is -3.43. The van der Waals surface area contributed by atoms with E-state index in [0.29, 0.717) is 10.6 Å². The Morgan fingerprint density at radius 2 is 1.57 bits per heavy atom. The fourth-order valence-corrected chi connectivity index (χ4v) is 6.35. The number of benzene rings is 3. The normalized spacial score (nSPS) is 14.8.